The number of hydrogen-bond acceptors (Lipinski definition) is 4. The molecule has 25 heavy (non-hydrogen) atoms. The lowest BCUT2D eigenvalue weighted by Crippen LogP contribution is -2.46. The molecule has 2 aromatic rings. The fraction of sp³-hybridized carbons (Fsp3) is 0.350. The number of piperazine rings is 1. The second kappa shape index (κ2) is 8.62. The minimum absolute atomic E-state index is 0.187. The van der Waals surface area contributed by atoms with Crippen LogP contribution in [-0.2, 0) is 0 Å². The lowest BCUT2D eigenvalue weighted by molar-refractivity contribution is 0.111. The zero-order valence-electron chi connectivity index (χ0n) is 14.2. The third-order valence-electron chi connectivity index (χ3n) is 4.47. The van der Waals surface area contributed by atoms with E-state index in [0.29, 0.717) is 17.9 Å². The highest BCUT2D eigenvalue weighted by Gasteiger charge is 2.17. The second-order valence-electron chi connectivity index (χ2n) is 6.17. The quantitative estimate of drug-likeness (QED) is 0.571. The van der Waals surface area contributed by atoms with Gasteiger partial charge in [-0.2, -0.15) is 0 Å². The molecule has 3 rings (SSSR count). The average molecular weight is 342 g/mol. The van der Waals surface area contributed by atoms with E-state index < -0.39 is 0 Å². The van der Waals surface area contributed by atoms with Gasteiger partial charge in [-0.15, -0.1) is 0 Å². The van der Waals surface area contributed by atoms with Crippen molar-refractivity contribution in [2.75, 3.05) is 44.2 Å². The van der Waals surface area contributed by atoms with Crippen molar-refractivity contribution in [2.24, 2.45) is 0 Å². The molecule has 1 saturated heterocycles. The Morgan fingerprint density at radius 1 is 1.04 bits per heavy atom. The predicted molar refractivity (Wildman–Crippen MR) is 97.0 cm³/mol. The molecule has 1 aliphatic rings. The van der Waals surface area contributed by atoms with Gasteiger partial charge in [0, 0.05) is 38.4 Å². The molecule has 132 valence electrons. The van der Waals surface area contributed by atoms with Crippen molar-refractivity contribution in [1.82, 2.24) is 4.90 Å². The van der Waals surface area contributed by atoms with Gasteiger partial charge < -0.3 is 9.64 Å². The second-order valence-corrected chi connectivity index (χ2v) is 6.17. The van der Waals surface area contributed by atoms with Crippen molar-refractivity contribution in [3.05, 3.63) is 59.9 Å². The fourth-order valence-electron chi connectivity index (χ4n) is 3.08. The molecule has 0 aliphatic carbocycles. The number of para-hydroxylation sites is 1. The Morgan fingerprint density at radius 2 is 1.84 bits per heavy atom. The summed E-state index contributed by atoms with van der Waals surface area (Å²) in [5.74, 6) is 0.459. The van der Waals surface area contributed by atoms with Gasteiger partial charge in [0.25, 0.3) is 0 Å². The Bertz CT molecular complexity index is 700. The molecule has 0 atom stereocenters. The standard InChI is InChI=1S/C20H23FN2O2/c21-18-6-3-7-19(15-18)23-12-10-22(11-13-23)9-4-14-25-20-8-2-1-5-17(20)16-24/h1-3,5-8,15-16H,4,9-14H2. The number of hydrogen-bond donors (Lipinski definition) is 0. The minimum atomic E-state index is -0.187. The molecule has 2 aromatic carbocycles. The Balaban J connectivity index is 1.39. The maximum atomic E-state index is 13.3. The summed E-state index contributed by atoms with van der Waals surface area (Å²) in [5, 5.41) is 0. The summed E-state index contributed by atoms with van der Waals surface area (Å²) >= 11 is 0. The maximum Gasteiger partial charge on any atom is 0.153 e. The Hall–Kier alpha value is -2.40. The van der Waals surface area contributed by atoms with Crippen LogP contribution in [0.4, 0.5) is 10.1 Å². The number of aldehydes is 1. The molecule has 4 nitrogen and oxygen atoms in total. The Morgan fingerprint density at radius 3 is 2.60 bits per heavy atom. The van der Waals surface area contributed by atoms with E-state index in [9.17, 15) is 9.18 Å². The lowest BCUT2D eigenvalue weighted by atomic mass is 10.2. The third-order valence-corrected chi connectivity index (χ3v) is 4.47. The molecule has 1 aliphatic heterocycles. The number of halogens is 1. The molecule has 0 saturated carbocycles. The largest absolute Gasteiger partial charge is 0.493 e. The summed E-state index contributed by atoms with van der Waals surface area (Å²) in [4.78, 5) is 15.6. The molecule has 0 radical (unpaired) electrons. The van der Waals surface area contributed by atoms with Crippen LogP contribution in [0.2, 0.25) is 0 Å². The minimum Gasteiger partial charge on any atom is -0.493 e. The first-order valence-corrected chi connectivity index (χ1v) is 8.66. The van der Waals surface area contributed by atoms with Crippen molar-refractivity contribution in [3.63, 3.8) is 0 Å². The molecule has 0 spiro atoms. The summed E-state index contributed by atoms with van der Waals surface area (Å²) in [7, 11) is 0. The number of ether oxygens (including phenoxy) is 1. The molecule has 1 heterocycles. The van der Waals surface area contributed by atoms with Gasteiger partial charge in [-0.1, -0.05) is 18.2 Å². The zero-order chi connectivity index (χ0) is 17.5. The number of carbonyl (C=O) groups excluding carboxylic acids is 1. The van der Waals surface area contributed by atoms with Gasteiger partial charge in [-0.25, -0.2) is 4.39 Å². The van der Waals surface area contributed by atoms with Crippen molar-refractivity contribution in [1.29, 1.82) is 0 Å². The number of nitrogens with zero attached hydrogens (tertiary/aromatic N) is 2. The molecular formula is C20H23FN2O2. The van der Waals surface area contributed by atoms with Crippen molar-refractivity contribution in [2.45, 2.75) is 6.42 Å². The molecule has 0 unspecified atom stereocenters. The Kier molecular flexibility index (Phi) is 6.01. The van der Waals surface area contributed by atoms with Crippen LogP contribution < -0.4 is 9.64 Å². The molecule has 5 heteroatoms. The summed E-state index contributed by atoms with van der Waals surface area (Å²) in [5.41, 5.74) is 1.54. The molecule has 0 N–H and O–H groups in total. The van der Waals surface area contributed by atoms with E-state index in [1.54, 1.807) is 18.2 Å². The normalized spacial score (nSPS) is 15.2. The van der Waals surface area contributed by atoms with E-state index in [1.807, 2.05) is 24.3 Å². The predicted octanol–water partition coefficient (Wildman–Crippen LogP) is 3.23. The van der Waals surface area contributed by atoms with Crippen molar-refractivity contribution >= 4 is 12.0 Å². The molecule has 0 amide bonds. The number of anilines is 1. The SMILES string of the molecule is O=Cc1ccccc1OCCCN1CCN(c2cccc(F)c2)CC1. The van der Waals surface area contributed by atoms with Crippen LogP contribution in [-0.4, -0.2) is 50.5 Å². The van der Waals surface area contributed by atoms with Crippen LogP contribution in [0.5, 0.6) is 5.75 Å². The first kappa shape index (κ1) is 17.4. The third kappa shape index (κ3) is 4.79. The van der Waals surface area contributed by atoms with Crippen LogP contribution >= 0.6 is 0 Å². The monoisotopic (exact) mass is 342 g/mol. The van der Waals surface area contributed by atoms with E-state index in [2.05, 4.69) is 9.80 Å². The van der Waals surface area contributed by atoms with Crippen LogP contribution in [0.1, 0.15) is 16.8 Å². The van der Waals surface area contributed by atoms with E-state index in [0.717, 1.165) is 51.1 Å². The van der Waals surface area contributed by atoms with Crippen LogP contribution in [0.3, 0.4) is 0 Å². The van der Waals surface area contributed by atoms with Gasteiger partial charge in [0.1, 0.15) is 11.6 Å². The van der Waals surface area contributed by atoms with Crippen LogP contribution in [0.15, 0.2) is 48.5 Å². The van der Waals surface area contributed by atoms with E-state index in [1.165, 1.54) is 6.07 Å². The number of benzene rings is 2. The van der Waals surface area contributed by atoms with Gasteiger partial charge in [0.15, 0.2) is 6.29 Å². The topological polar surface area (TPSA) is 32.8 Å². The summed E-state index contributed by atoms with van der Waals surface area (Å²) < 4.78 is 19.0. The number of rotatable bonds is 7. The average Bonchev–Trinajstić information content (AvgIpc) is 2.66. The zero-order valence-corrected chi connectivity index (χ0v) is 14.2. The van der Waals surface area contributed by atoms with Gasteiger partial charge in [-0.05, 0) is 36.8 Å². The lowest BCUT2D eigenvalue weighted by Gasteiger charge is -2.36. The fourth-order valence-corrected chi connectivity index (χ4v) is 3.08. The van der Waals surface area contributed by atoms with E-state index in [-0.39, 0.29) is 5.82 Å². The van der Waals surface area contributed by atoms with Crippen molar-refractivity contribution in [3.8, 4) is 5.75 Å². The molecule has 1 fully saturated rings. The first-order valence-electron chi connectivity index (χ1n) is 8.66. The smallest absolute Gasteiger partial charge is 0.153 e. The summed E-state index contributed by atoms with van der Waals surface area (Å²) in [6.45, 7) is 5.27. The van der Waals surface area contributed by atoms with Gasteiger partial charge >= 0.3 is 0 Å². The highest BCUT2D eigenvalue weighted by atomic mass is 19.1. The van der Waals surface area contributed by atoms with Gasteiger partial charge in [0.2, 0.25) is 0 Å². The summed E-state index contributed by atoms with van der Waals surface area (Å²) in [6.07, 6.45) is 1.73. The highest BCUT2D eigenvalue weighted by Crippen LogP contribution is 2.18. The van der Waals surface area contributed by atoms with Gasteiger partial charge in [-0.3, -0.25) is 9.69 Å². The summed E-state index contributed by atoms with van der Waals surface area (Å²) in [6, 6.07) is 14.1. The number of carbonyl (C=O) groups is 1. The molecular weight excluding hydrogens is 319 g/mol. The van der Waals surface area contributed by atoms with Crippen molar-refractivity contribution < 1.29 is 13.9 Å². The molecule has 0 aromatic heterocycles. The highest BCUT2D eigenvalue weighted by molar-refractivity contribution is 5.79. The van der Waals surface area contributed by atoms with E-state index >= 15 is 0 Å². The van der Waals surface area contributed by atoms with Crippen LogP contribution in [0.25, 0.3) is 0 Å². The molecule has 0 bridgehead atoms. The Labute approximate surface area is 147 Å². The van der Waals surface area contributed by atoms with Gasteiger partial charge in [0.05, 0.1) is 12.2 Å². The first-order chi connectivity index (χ1) is 12.3. The maximum absolute atomic E-state index is 13.3. The van der Waals surface area contributed by atoms with E-state index in [4.69, 9.17) is 4.74 Å². The van der Waals surface area contributed by atoms with Crippen LogP contribution in [0, 0.1) is 5.82 Å².